The average Bonchev–Trinajstić information content (AvgIpc) is 2.48. The molecule has 0 aliphatic carbocycles. The first kappa shape index (κ1) is 15.5. The number of hydrogen-bond donors (Lipinski definition) is 1. The third kappa shape index (κ3) is 4.55. The molecule has 1 N–H and O–H groups in total. The van der Waals surface area contributed by atoms with Crippen molar-refractivity contribution < 1.29 is 4.79 Å². The van der Waals surface area contributed by atoms with Crippen molar-refractivity contribution in [3.8, 4) is 0 Å². The Morgan fingerprint density at radius 1 is 1.43 bits per heavy atom. The molecule has 0 spiro atoms. The summed E-state index contributed by atoms with van der Waals surface area (Å²) in [5.74, 6) is 0.906. The summed E-state index contributed by atoms with van der Waals surface area (Å²) in [7, 11) is 0. The van der Waals surface area contributed by atoms with Gasteiger partial charge < -0.3 is 10.2 Å². The molecule has 114 valence electrons. The standard InChI is InChI=1S/C16H24N4O/c1-12(2)11-13(3)15(21)19-14-5-9-20(10-6-14)16-17-7-4-8-18-16/h4,7-8,13-14H,1,5-6,9-11H2,2-3H3,(H,19,21). The number of allylic oxidation sites excluding steroid dienone is 1. The van der Waals surface area contributed by atoms with Gasteiger partial charge in [0, 0.05) is 37.4 Å². The molecular weight excluding hydrogens is 264 g/mol. The Labute approximate surface area is 126 Å². The lowest BCUT2D eigenvalue weighted by atomic mass is 10.00. The summed E-state index contributed by atoms with van der Waals surface area (Å²) >= 11 is 0. The van der Waals surface area contributed by atoms with E-state index in [1.54, 1.807) is 12.4 Å². The van der Waals surface area contributed by atoms with E-state index in [9.17, 15) is 4.79 Å². The summed E-state index contributed by atoms with van der Waals surface area (Å²) in [6.07, 6.45) is 6.14. The number of hydrogen-bond acceptors (Lipinski definition) is 4. The highest BCUT2D eigenvalue weighted by Crippen LogP contribution is 2.16. The molecule has 1 saturated heterocycles. The van der Waals surface area contributed by atoms with Crippen LogP contribution in [0.4, 0.5) is 5.95 Å². The molecule has 1 aliphatic heterocycles. The highest BCUT2D eigenvalue weighted by atomic mass is 16.1. The van der Waals surface area contributed by atoms with Crippen molar-refractivity contribution in [1.82, 2.24) is 15.3 Å². The maximum absolute atomic E-state index is 12.1. The van der Waals surface area contributed by atoms with Crippen LogP contribution < -0.4 is 10.2 Å². The molecule has 1 aromatic heterocycles. The van der Waals surface area contributed by atoms with E-state index in [4.69, 9.17) is 0 Å². The van der Waals surface area contributed by atoms with Crippen LogP contribution in [-0.2, 0) is 4.79 Å². The Morgan fingerprint density at radius 2 is 2.05 bits per heavy atom. The first-order chi connectivity index (χ1) is 10.1. The number of piperidine rings is 1. The van der Waals surface area contributed by atoms with Crippen molar-refractivity contribution in [2.45, 2.75) is 39.2 Å². The lowest BCUT2D eigenvalue weighted by molar-refractivity contribution is -0.125. The molecular formula is C16H24N4O. The normalized spacial score (nSPS) is 17.3. The molecule has 5 heteroatoms. The lowest BCUT2D eigenvalue weighted by Crippen LogP contribution is -2.46. The second-order valence-electron chi connectivity index (χ2n) is 5.88. The molecule has 1 amide bonds. The number of anilines is 1. The molecule has 0 bridgehead atoms. The van der Waals surface area contributed by atoms with Gasteiger partial charge in [-0.15, -0.1) is 6.58 Å². The molecule has 1 aromatic rings. The first-order valence-corrected chi connectivity index (χ1v) is 7.53. The molecule has 21 heavy (non-hydrogen) atoms. The van der Waals surface area contributed by atoms with Crippen LogP contribution in [0.3, 0.4) is 0 Å². The molecule has 1 atom stereocenters. The molecule has 0 aromatic carbocycles. The van der Waals surface area contributed by atoms with Crippen LogP contribution in [0.1, 0.15) is 33.1 Å². The lowest BCUT2D eigenvalue weighted by Gasteiger charge is -2.32. The maximum atomic E-state index is 12.1. The van der Waals surface area contributed by atoms with Crippen molar-refractivity contribution in [3.63, 3.8) is 0 Å². The summed E-state index contributed by atoms with van der Waals surface area (Å²) in [5.41, 5.74) is 1.05. The zero-order valence-electron chi connectivity index (χ0n) is 12.9. The third-order valence-corrected chi connectivity index (χ3v) is 3.78. The zero-order valence-corrected chi connectivity index (χ0v) is 12.9. The Hall–Kier alpha value is -1.91. The van der Waals surface area contributed by atoms with Crippen molar-refractivity contribution >= 4 is 11.9 Å². The number of amides is 1. The Bertz CT molecular complexity index is 480. The van der Waals surface area contributed by atoms with Gasteiger partial charge in [-0.2, -0.15) is 0 Å². The molecule has 1 aliphatic rings. The second kappa shape index (κ2) is 7.20. The van der Waals surface area contributed by atoms with Gasteiger partial charge in [-0.05, 0) is 32.3 Å². The van der Waals surface area contributed by atoms with E-state index < -0.39 is 0 Å². The minimum Gasteiger partial charge on any atom is -0.353 e. The fourth-order valence-corrected chi connectivity index (χ4v) is 2.64. The minimum atomic E-state index is -0.00186. The first-order valence-electron chi connectivity index (χ1n) is 7.53. The van der Waals surface area contributed by atoms with E-state index in [1.165, 1.54) is 0 Å². The molecule has 2 rings (SSSR count). The van der Waals surface area contributed by atoms with Gasteiger partial charge in [0.05, 0.1) is 0 Å². The number of carbonyl (C=O) groups is 1. The Morgan fingerprint density at radius 3 is 2.62 bits per heavy atom. The Balaban J connectivity index is 1.79. The second-order valence-corrected chi connectivity index (χ2v) is 5.88. The van der Waals surface area contributed by atoms with Gasteiger partial charge in [0.15, 0.2) is 0 Å². The van der Waals surface area contributed by atoms with Crippen LogP contribution in [0.5, 0.6) is 0 Å². The summed E-state index contributed by atoms with van der Waals surface area (Å²) < 4.78 is 0. The zero-order chi connectivity index (χ0) is 15.2. The molecule has 1 unspecified atom stereocenters. The van der Waals surface area contributed by atoms with Crippen molar-refractivity contribution in [3.05, 3.63) is 30.6 Å². The van der Waals surface area contributed by atoms with E-state index in [0.29, 0.717) is 0 Å². The van der Waals surface area contributed by atoms with E-state index in [2.05, 4.69) is 26.8 Å². The maximum Gasteiger partial charge on any atom is 0.225 e. The van der Waals surface area contributed by atoms with Crippen LogP contribution in [0.2, 0.25) is 0 Å². The van der Waals surface area contributed by atoms with E-state index in [-0.39, 0.29) is 17.9 Å². The molecule has 2 heterocycles. The van der Waals surface area contributed by atoms with Crippen LogP contribution >= 0.6 is 0 Å². The number of rotatable bonds is 5. The average molecular weight is 288 g/mol. The van der Waals surface area contributed by atoms with Crippen LogP contribution in [0.25, 0.3) is 0 Å². The predicted octanol–water partition coefficient (Wildman–Crippen LogP) is 2.16. The van der Waals surface area contributed by atoms with E-state index in [1.807, 2.05) is 19.9 Å². The van der Waals surface area contributed by atoms with Crippen LogP contribution in [0, 0.1) is 5.92 Å². The predicted molar refractivity (Wildman–Crippen MR) is 84.0 cm³/mol. The SMILES string of the molecule is C=C(C)CC(C)C(=O)NC1CCN(c2ncccn2)CC1. The smallest absolute Gasteiger partial charge is 0.225 e. The highest BCUT2D eigenvalue weighted by molar-refractivity contribution is 5.78. The molecule has 0 radical (unpaired) electrons. The number of nitrogens with zero attached hydrogens (tertiary/aromatic N) is 3. The van der Waals surface area contributed by atoms with Crippen molar-refractivity contribution in [2.75, 3.05) is 18.0 Å². The minimum absolute atomic E-state index is 0.00186. The van der Waals surface area contributed by atoms with E-state index in [0.717, 1.165) is 43.9 Å². The summed E-state index contributed by atoms with van der Waals surface area (Å²) in [5, 5.41) is 3.15. The van der Waals surface area contributed by atoms with Gasteiger partial charge in [0.1, 0.15) is 0 Å². The van der Waals surface area contributed by atoms with Crippen molar-refractivity contribution in [2.24, 2.45) is 5.92 Å². The quantitative estimate of drug-likeness (QED) is 0.844. The Kier molecular flexibility index (Phi) is 5.31. The van der Waals surface area contributed by atoms with Gasteiger partial charge in [0.25, 0.3) is 0 Å². The van der Waals surface area contributed by atoms with Gasteiger partial charge in [-0.25, -0.2) is 9.97 Å². The highest BCUT2D eigenvalue weighted by Gasteiger charge is 2.23. The van der Waals surface area contributed by atoms with E-state index >= 15 is 0 Å². The molecule has 0 saturated carbocycles. The van der Waals surface area contributed by atoms with Gasteiger partial charge in [0.2, 0.25) is 11.9 Å². The van der Waals surface area contributed by atoms with Gasteiger partial charge in [-0.1, -0.05) is 12.5 Å². The van der Waals surface area contributed by atoms with Crippen molar-refractivity contribution in [1.29, 1.82) is 0 Å². The molecule has 5 nitrogen and oxygen atoms in total. The monoisotopic (exact) mass is 288 g/mol. The summed E-state index contributed by atoms with van der Waals surface area (Å²) in [4.78, 5) is 22.8. The van der Waals surface area contributed by atoms with Gasteiger partial charge >= 0.3 is 0 Å². The topological polar surface area (TPSA) is 58.1 Å². The number of carbonyl (C=O) groups excluding carboxylic acids is 1. The summed E-state index contributed by atoms with van der Waals surface area (Å²) in [6.45, 7) is 9.54. The third-order valence-electron chi connectivity index (χ3n) is 3.78. The van der Waals surface area contributed by atoms with Gasteiger partial charge in [-0.3, -0.25) is 4.79 Å². The molecule has 1 fully saturated rings. The largest absolute Gasteiger partial charge is 0.353 e. The number of aromatic nitrogens is 2. The number of nitrogens with one attached hydrogen (secondary N) is 1. The van der Waals surface area contributed by atoms with Crippen LogP contribution in [-0.4, -0.2) is 35.0 Å². The van der Waals surface area contributed by atoms with Crippen LogP contribution in [0.15, 0.2) is 30.6 Å². The fraction of sp³-hybridized carbons (Fsp3) is 0.562. The summed E-state index contributed by atoms with van der Waals surface area (Å²) in [6, 6.07) is 2.07. The fourth-order valence-electron chi connectivity index (χ4n) is 2.64.